The zero-order chi connectivity index (χ0) is 38.5. The highest BCUT2D eigenvalue weighted by Gasteiger charge is 2.56. The lowest BCUT2D eigenvalue weighted by molar-refractivity contribution is -0.366. The number of rotatable bonds is 9. The molecule has 0 bridgehead atoms. The molecule has 4 heterocycles. The molecular weight excluding hydrogens is 716 g/mol. The highest BCUT2D eigenvalue weighted by Crippen LogP contribution is 2.43. The Morgan fingerprint density at radius 3 is 1.83 bits per heavy atom. The Morgan fingerprint density at radius 2 is 1.17 bits per heavy atom. The van der Waals surface area contributed by atoms with Gasteiger partial charge in [0.2, 0.25) is 0 Å². The van der Waals surface area contributed by atoms with Gasteiger partial charge in [-0.05, 0) is 32.6 Å². The van der Waals surface area contributed by atoms with Crippen LogP contribution < -0.4 is 0 Å². The van der Waals surface area contributed by atoms with E-state index in [1.54, 1.807) is 0 Å². The summed E-state index contributed by atoms with van der Waals surface area (Å²) in [5, 5.41) is 136. The Hall–Kier alpha value is -0.800. The van der Waals surface area contributed by atoms with E-state index in [-0.39, 0.29) is 38.0 Å². The van der Waals surface area contributed by atoms with Gasteiger partial charge < -0.3 is 99.5 Å². The first-order valence-electron chi connectivity index (χ1n) is 18.5. The van der Waals surface area contributed by atoms with E-state index in [0.717, 1.165) is 0 Å². The Bertz CT molecular complexity index is 1170. The molecule has 6 rings (SSSR count). The highest BCUT2D eigenvalue weighted by atomic mass is 16.7. The van der Waals surface area contributed by atoms with E-state index in [1.807, 2.05) is 0 Å². The van der Waals surface area contributed by atoms with E-state index in [9.17, 15) is 66.4 Å². The van der Waals surface area contributed by atoms with Gasteiger partial charge in [0.05, 0.1) is 49.7 Å². The summed E-state index contributed by atoms with van der Waals surface area (Å²) in [6.07, 6.45) is -26.9. The molecule has 4 saturated heterocycles. The van der Waals surface area contributed by atoms with Gasteiger partial charge in [0.1, 0.15) is 73.2 Å². The summed E-state index contributed by atoms with van der Waals surface area (Å²) in [6.45, 7) is 0.329. The molecule has 9 unspecified atom stereocenters. The smallest absolute Gasteiger partial charge is 0.187 e. The minimum Gasteiger partial charge on any atom is -0.427 e. The first kappa shape index (κ1) is 41.8. The molecule has 53 heavy (non-hydrogen) atoms. The van der Waals surface area contributed by atoms with Crippen molar-refractivity contribution in [1.29, 1.82) is 0 Å². The lowest BCUT2D eigenvalue weighted by Crippen LogP contribution is -2.64. The molecular formula is C33H57O20+. The molecule has 24 atom stereocenters. The summed E-state index contributed by atoms with van der Waals surface area (Å²) in [7, 11) is 0. The van der Waals surface area contributed by atoms with Gasteiger partial charge in [-0.15, -0.1) is 0 Å². The van der Waals surface area contributed by atoms with E-state index in [0.29, 0.717) is 6.42 Å². The average Bonchev–Trinajstić information content (AvgIpc) is 3.13. The van der Waals surface area contributed by atoms with Crippen molar-refractivity contribution >= 4 is 0 Å². The van der Waals surface area contributed by atoms with Gasteiger partial charge in [-0.2, -0.15) is 0 Å². The molecule has 2 aliphatic carbocycles. The van der Waals surface area contributed by atoms with E-state index in [4.69, 9.17) is 33.2 Å². The van der Waals surface area contributed by atoms with Gasteiger partial charge in [0.25, 0.3) is 0 Å². The van der Waals surface area contributed by atoms with Crippen molar-refractivity contribution in [2.45, 2.75) is 180 Å². The zero-order valence-corrected chi connectivity index (χ0v) is 29.2. The summed E-state index contributed by atoms with van der Waals surface area (Å²) >= 11 is 0. The predicted octanol–water partition coefficient (Wildman–Crippen LogP) is -6.83. The second-order valence-corrected chi connectivity index (χ2v) is 15.5. The normalized spacial score (nSPS) is 55.4. The maximum Gasteiger partial charge on any atom is 0.187 e. The van der Waals surface area contributed by atoms with Gasteiger partial charge in [0, 0.05) is 18.8 Å². The second kappa shape index (κ2) is 17.4. The van der Waals surface area contributed by atoms with Crippen molar-refractivity contribution in [2.75, 3.05) is 13.2 Å². The quantitative estimate of drug-likeness (QED) is 0.0968. The van der Waals surface area contributed by atoms with Crippen LogP contribution in [-0.4, -0.2) is 219 Å². The summed E-state index contributed by atoms with van der Waals surface area (Å²) in [4.78, 5) is 0. The Balaban J connectivity index is 1.15. The third-order valence-corrected chi connectivity index (χ3v) is 11.9. The maximum absolute atomic E-state index is 11.4. The van der Waals surface area contributed by atoms with Crippen LogP contribution in [0.1, 0.15) is 45.4 Å². The van der Waals surface area contributed by atoms with Crippen LogP contribution in [0.3, 0.4) is 0 Å². The fraction of sp³-hybridized carbons (Fsp3) is 1.00. The Labute approximate surface area is 305 Å². The van der Waals surface area contributed by atoms with Crippen LogP contribution in [0.5, 0.6) is 0 Å². The molecule has 0 spiro atoms. The molecule has 308 valence electrons. The molecule has 0 radical (unpaired) electrons. The van der Waals surface area contributed by atoms with Crippen LogP contribution in [0.2, 0.25) is 0 Å². The van der Waals surface area contributed by atoms with Crippen LogP contribution in [0.15, 0.2) is 0 Å². The van der Waals surface area contributed by atoms with Gasteiger partial charge in [-0.25, -0.2) is 0 Å². The first-order valence-corrected chi connectivity index (χ1v) is 18.5. The van der Waals surface area contributed by atoms with Crippen LogP contribution >= 0.6 is 0 Å². The minimum atomic E-state index is -1.77. The van der Waals surface area contributed by atoms with E-state index in [2.05, 4.69) is 0 Å². The van der Waals surface area contributed by atoms with Crippen molar-refractivity contribution < 1.29 is 99.5 Å². The van der Waals surface area contributed by atoms with Crippen LogP contribution in [-0.2, 0) is 28.4 Å². The molecule has 6 fully saturated rings. The molecule has 0 aromatic carbocycles. The van der Waals surface area contributed by atoms with Gasteiger partial charge in [-0.1, -0.05) is 0 Å². The number of hydrogen-bond acceptors (Lipinski definition) is 19. The highest BCUT2D eigenvalue weighted by molar-refractivity contribution is 4.99. The largest absolute Gasteiger partial charge is 0.427 e. The van der Waals surface area contributed by atoms with Crippen molar-refractivity contribution in [3.8, 4) is 0 Å². The van der Waals surface area contributed by atoms with Crippen LogP contribution in [0.25, 0.3) is 0 Å². The van der Waals surface area contributed by atoms with E-state index in [1.165, 1.54) is 6.92 Å². The number of aliphatic hydroxyl groups is 15. The fourth-order valence-electron chi connectivity index (χ4n) is 8.65. The van der Waals surface area contributed by atoms with Gasteiger partial charge >= 0.3 is 0 Å². The molecule has 6 aliphatic rings. The summed E-state index contributed by atoms with van der Waals surface area (Å²) in [5.74, 6) is -0.832. The first-order chi connectivity index (χ1) is 25.1. The molecule has 2 saturated carbocycles. The molecule has 0 amide bonds. The second-order valence-electron chi connectivity index (χ2n) is 15.5. The Morgan fingerprint density at radius 1 is 0.566 bits per heavy atom. The van der Waals surface area contributed by atoms with Gasteiger partial charge in [0.15, 0.2) is 31.1 Å². The lowest BCUT2D eigenvalue weighted by atomic mass is 9.72. The lowest BCUT2D eigenvalue weighted by Gasteiger charge is -2.49. The van der Waals surface area contributed by atoms with Crippen LogP contribution in [0.4, 0.5) is 0 Å². The monoisotopic (exact) mass is 773 g/mol. The molecule has 14 N–H and O–H groups in total. The molecule has 4 aliphatic heterocycles. The Kier molecular flexibility index (Phi) is 13.7. The molecule has 0 aromatic rings. The van der Waals surface area contributed by atoms with E-state index < -0.39 is 154 Å². The van der Waals surface area contributed by atoms with Crippen molar-refractivity contribution in [2.24, 2.45) is 11.8 Å². The van der Waals surface area contributed by atoms with Crippen molar-refractivity contribution in [3.05, 3.63) is 0 Å². The van der Waals surface area contributed by atoms with Crippen LogP contribution in [0, 0.1) is 11.8 Å². The third-order valence-electron chi connectivity index (χ3n) is 11.9. The minimum absolute atomic E-state index is 0.0593. The predicted molar refractivity (Wildman–Crippen MR) is 171 cm³/mol. The molecule has 20 nitrogen and oxygen atoms in total. The zero-order valence-electron chi connectivity index (χ0n) is 29.2. The summed E-state index contributed by atoms with van der Waals surface area (Å²) in [6, 6.07) is 0. The number of fused-ring (bicyclic) bond motifs is 1. The standard InChI is InChI=1S/C33H56O20/c1-10-21(38)24(41)27(44)31(48-10)47-9-20-23(40)26(43)29(46)33(53-20)51-18-7-13-15(36)5-12(49-32-28(45)25(42)22(39)19(8-34)52-32)6-17(13)50-30(18)11-2-3-14(35)16(37)4-11/h10-46H,2-9H2,1H3/p+1/t10-,11?,12?,13?,14?,15?,16?,17?,18?,19+,20+,21-,22+,23+,24+,25-,26-,27+,28+,29+,30?,31+,32+,33+/m0/s1. The van der Waals surface area contributed by atoms with Crippen molar-refractivity contribution in [3.63, 3.8) is 0 Å². The number of ether oxygens (including phenoxy) is 7. The third kappa shape index (κ3) is 8.72. The van der Waals surface area contributed by atoms with E-state index >= 15 is 0 Å². The molecule has 0 aromatic heterocycles. The average molecular weight is 774 g/mol. The molecule has 20 heteroatoms. The number of aliphatic hydroxyl groups excluding tert-OH is 13. The van der Waals surface area contributed by atoms with Gasteiger partial charge in [-0.3, -0.25) is 0 Å². The summed E-state index contributed by atoms with van der Waals surface area (Å²) in [5.41, 5.74) is 0. The van der Waals surface area contributed by atoms with Crippen molar-refractivity contribution in [1.82, 2.24) is 0 Å². The fourth-order valence-corrected chi connectivity index (χ4v) is 8.65. The number of hydrogen-bond donors (Lipinski definition) is 13. The maximum atomic E-state index is 11.4. The SMILES string of the molecule is C[C@@H]1O[C@@H](OC[C@H]2O[C@@H](OC3CC4C(O)CC(O[C@@H]5O[C@H](CO)[C@@H](O)[C@H](O)[C@H]5O)CC4[OH+]C3C3CCC(O)C(O)C3)[C@H](O)[C@@H](O)[C@@H]2O)[C@H](O)[C@H](O)[C@H]1O. The summed E-state index contributed by atoms with van der Waals surface area (Å²) < 4.78 is 39.8. The topological polar surface area (TPSA) is 331 Å².